The summed E-state index contributed by atoms with van der Waals surface area (Å²) in [6, 6.07) is 6.38. The van der Waals surface area contributed by atoms with Crippen molar-refractivity contribution in [2.45, 2.75) is 39.8 Å². The molecule has 1 N–H and O–H groups in total. The number of aliphatic hydroxyl groups excluding tert-OH is 1. The van der Waals surface area contributed by atoms with Gasteiger partial charge in [0, 0.05) is 42.8 Å². The number of rotatable bonds is 5. The van der Waals surface area contributed by atoms with Gasteiger partial charge in [0.2, 0.25) is 12.7 Å². The molecular weight excluding hydrogens is 474 g/mol. The van der Waals surface area contributed by atoms with Gasteiger partial charge in [0.05, 0.1) is 19.2 Å². The summed E-state index contributed by atoms with van der Waals surface area (Å²) in [5.74, 6) is 7.03. The lowest BCUT2D eigenvalue weighted by molar-refractivity contribution is 0.0313. The molecule has 37 heavy (non-hydrogen) atoms. The number of hydrogen-bond acceptors (Lipinski definition) is 7. The maximum atomic E-state index is 13.5. The number of aliphatic hydroxyl groups is 1. The highest BCUT2D eigenvalue weighted by Crippen LogP contribution is 2.33. The van der Waals surface area contributed by atoms with Crippen LogP contribution < -0.4 is 14.2 Å². The Morgan fingerprint density at radius 1 is 1.24 bits per heavy atom. The highest BCUT2D eigenvalue weighted by atomic mass is 16.7. The molecule has 4 rings (SSSR count). The largest absolute Gasteiger partial charge is 0.472 e. The number of hydrogen-bond donors (Lipinski definition) is 1. The Balaban J connectivity index is 1.62. The molecule has 0 aliphatic carbocycles. The van der Waals surface area contributed by atoms with Gasteiger partial charge in [-0.2, -0.15) is 0 Å². The maximum absolute atomic E-state index is 13.5. The molecule has 0 unspecified atom stereocenters. The van der Waals surface area contributed by atoms with Crippen molar-refractivity contribution >= 4 is 11.8 Å². The van der Waals surface area contributed by atoms with Crippen LogP contribution in [0.1, 0.15) is 54.0 Å². The number of likely N-dealkylation sites (N-methyl/N-ethyl adjacent to an activating group) is 1. The average molecular weight is 508 g/mol. The first-order valence-corrected chi connectivity index (χ1v) is 12.4. The highest BCUT2D eigenvalue weighted by molar-refractivity contribution is 5.97. The molecule has 9 heteroatoms. The summed E-state index contributed by atoms with van der Waals surface area (Å²) in [7, 11) is 1.71. The Morgan fingerprint density at radius 3 is 2.73 bits per heavy atom. The smallest absolute Gasteiger partial charge is 0.259 e. The molecule has 196 valence electrons. The van der Waals surface area contributed by atoms with E-state index in [9.17, 15) is 14.7 Å². The number of ether oxygens (including phenoxy) is 3. The second-order valence-electron chi connectivity index (χ2n) is 9.88. The number of fused-ring (bicyclic) bond motifs is 2. The minimum Gasteiger partial charge on any atom is -0.472 e. The molecule has 9 nitrogen and oxygen atoms in total. The van der Waals surface area contributed by atoms with Crippen LogP contribution in [0, 0.1) is 23.7 Å². The Kier molecular flexibility index (Phi) is 7.89. The molecule has 0 saturated heterocycles. The first-order valence-electron chi connectivity index (χ1n) is 12.4. The number of carbonyl (C=O) groups is 2. The predicted octanol–water partition coefficient (Wildman–Crippen LogP) is 2.81. The lowest BCUT2D eigenvalue weighted by Gasteiger charge is -2.37. The van der Waals surface area contributed by atoms with Gasteiger partial charge in [-0.05, 0) is 31.2 Å². The zero-order valence-corrected chi connectivity index (χ0v) is 21.9. The number of benzene rings is 1. The lowest BCUT2D eigenvalue weighted by Crippen LogP contribution is -2.50. The molecule has 2 aliphatic rings. The van der Waals surface area contributed by atoms with Crippen molar-refractivity contribution in [1.82, 2.24) is 14.8 Å². The summed E-state index contributed by atoms with van der Waals surface area (Å²) in [6.45, 7) is 8.30. The van der Waals surface area contributed by atoms with Crippen molar-refractivity contribution < 1.29 is 28.9 Å². The lowest BCUT2D eigenvalue weighted by atomic mass is 9.99. The van der Waals surface area contributed by atoms with Crippen LogP contribution in [0.25, 0.3) is 0 Å². The van der Waals surface area contributed by atoms with Crippen molar-refractivity contribution in [1.29, 1.82) is 0 Å². The van der Waals surface area contributed by atoms with E-state index in [4.69, 9.17) is 14.2 Å². The van der Waals surface area contributed by atoms with Crippen LogP contribution in [0.3, 0.4) is 0 Å². The zero-order valence-electron chi connectivity index (χ0n) is 21.9. The van der Waals surface area contributed by atoms with Gasteiger partial charge < -0.3 is 29.1 Å². The van der Waals surface area contributed by atoms with E-state index in [0.29, 0.717) is 29.2 Å². The number of aromatic nitrogens is 1. The van der Waals surface area contributed by atoms with Crippen molar-refractivity contribution in [2.24, 2.45) is 11.8 Å². The Hall–Kier alpha value is -3.77. The van der Waals surface area contributed by atoms with Crippen LogP contribution in [0.15, 0.2) is 30.5 Å². The molecule has 0 bridgehead atoms. The minimum absolute atomic E-state index is 0.134. The summed E-state index contributed by atoms with van der Waals surface area (Å²) < 4.78 is 17.0. The molecule has 2 amide bonds. The van der Waals surface area contributed by atoms with E-state index in [-0.39, 0.29) is 55.0 Å². The first kappa shape index (κ1) is 26.3. The summed E-state index contributed by atoms with van der Waals surface area (Å²) >= 11 is 0. The van der Waals surface area contributed by atoms with Crippen LogP contribution in [0.5, 0.6) is 17.4 Å². The summed E-state index contributed by atoms with van der Waals surface area (Å²) in [5.41, 5.74) is 1.38. The van der Waals surface area contributed by atoms with Crippen LogP contribution in [-0.2, 0) is 0 Å². The monoisotopic (exact) mass is 507 g/mol. The highest BCUT2D eigenvalue weighted by Gasteiger charge is 2.35. The number of amides is 2. The zero-order chi connectivity index (χ0) is 26.7. The van der Waals surface area contributed by atoms with E-state index >= 15 is 0 Å². The van der Waals surface area contributed by atoms with Crippen molar-refractivity contribution in [3.05, 3.63) is 47.2 Å². The number of nitrogens with zero attached hydrogens (tertiary/aromatic N) is 3. The maximum Gasteiger partial charge on any atom is 0.259 e. The van der Waals surface area contributed by atoms with Gasteiger partial charge in [0.25, 0.3) is 11.8 Å². The van der Waals surface area contributed by atoms with E-state index in [1.165, 1.54) is 0 Å². The van der Waals surface area contributed by atoms with Crippen molar-refractivity contribution in [2.75, 3.05) is 33.5 Å². The quantitative estimate of drug-likeness (QED) is 0.621. The molecule has 1 aromatic carbocycles. The summed E-state index contributed by atoms with van der Waals surface area (Å²) in [5, 5.41) is 9.84. The third-order valence-corrected chi connectivity index (χ3v) is 6.45. The summed E-state index contributed by atoms with van der Waals surface area (Å²) in [6.07, 6.45) is 1.13. The van der Waals surface area contributed by atoms with E-state index < -0.39 is 12.1 Å². The van der Waals surface area contributed by atoms with E-state index in [0.717, 1.165) is 0 Å². The Labute approximate surface area is 217 Å². The predicted molar refractivity (Wildman–Crippen MR) is 137 cm³/mol. The molecule has 0 saturated carbocycles. The second-order valence-corrected chi connectivity index (χ2v) is 9.88. The fraction of sp³-hybridized carbons (Fsp3) is 0.464. The van der Waals surface area contributed by atoms with E-state index in [1.54, 1.807) is 54.2 Å². The standard InChI is InChI=1S/C28H33N3O6/c1-17(2)6-7-20-10-22-26(29-12-20)37-25(18(3)13-31(28(22)34)19(4)15-32)14-30(5)27(33)21-8-9-23-24(11-21)36-16-35-23/h8-12,17-19,25,32H,13-16H2,1-5H3/t18-,19+,25+/m1/s1. The number of pyridine rings is 1. The molecule has 3 heterocycles. The third kappa shape index (κ3) is 5.81. The third-order valence-electron chi connectivity index (χ3n) is 6.45. The van der Waals surface area contributed by atoms with Gasteiger partial charge in [0.15, 0.2) is 11.5 Å². The van der Waals surface area contributed by atoms with Gasteiger partial charge in [-0.3, -0.25) is 9.59 Å². The van der Waals surface area contributed by atoms with Gasteiger partial charge >= 0.3 is 0 Å². The molecule has 0 fully saturated rings. The van der Waals surface area contributed by atoms with E-state index in [2.05, 4.69) is 16.8 Å². The molecular formula is C28H33N3O6. The van der Waals surface area contributed by atoms with Crippen LogP contribution >= 0.6 is 0 Å². The van der Waals surface area contributed by atoms with Crippen molar-refractivity contribution in [3.63, 3.8) is 0 Å². The molecule has 0 spiro atoms. The van der Waals surface area contributed by atoms with Gasteiger partial charge in [-0.1, -0.05) is 32.6 Å². The van der Waals surface area contributed by atoms with Gasteiger partial charge in [-0.25, -0.2) is 4.98 Å². The van der Waals surface area contributed by atoms with Gasteiger partial charge in [0.1, 0.15) is 11.7 Å². The molecule has 2 aliphatic heterocycles. The molecule has 3 atom stereocenters. The normalized spacial score (nSPS) is 19.2. The Bertz CT molecular complexity index is 1230. The Morgan fingerprint density at radius 2 is 2.00 bits per heavy atom. The van der Waals surface area contributed by atoms with Crippen LogP contribution in [-0.4, -0.2) is 77.4 Å². The SMILES string of the molecule is CC(C)C#Cc1cnc2c(c1)C(=O)N([C@@H](C)CO)C[C@@H](C)[C@H](CN(C)C(=O)c1ccc3c(c1)OCO3)O2. The fourth-order valence-corrected chi connectivity index (χ4v) is 4.22. The van der Waals surface area contributed by atoms with Crippen LogP contribution in [0.2, 0.25) is 0 Å². The second kappa shape index (κ2) is 11.1. The average Bonchev–Trinajstić information content (AvgIpc) is 3.36. The van der Waals surface area contributed by atoms with Crippen molar-refractivity contribution in [3.8, 4) is 29.2 Å². The first-order chi connectivity index (χ1) is 17.7. The molecule has 2 aromatic rings. The molecule has 0 radical (unpaired) electrons. The fourth-order valence-electron chi connectivity index (χ4n) is 4.22. The molecule has 1 aromatic heterocycles. The summed E-state index contributed by atoms with van der Waals surface area (Å²) in [4.78, 5) is 34.4. The minimum atomic E-state index is -0.455. The van der Waals surface area contributed by atoms with E-state index in [1.807, 2.05) is 20.8 Å². The van der Waals surface area contributed by atoms with Gasteiger partial charge in [-0.15, -0.1) is 0 Å². The van der Waals surface area contributed by atoms with Crippen LogP contribution in [0.4, 0.5) is 0 Å². The number of carbonyl (C=O) groups excluding carboxylic acids is 2. The topological polar surface area (TPSA) is 101 Å².